The van der Waals surface area contributed by atoms with E-state index in [9.17, 15) is 4.39 Å². The lowest BCUT2D eigenvalue weighted by Crippen LogP contribution is -2.19. The second kappa shape index (κ2) is 4.22. The lowest BCUT2D eigenvalue weighted by Gasteiger charge is -2.19. The summed E-state index contributed by atoms with van der Waals surface area (Å²) < 4.78 is 13.9. The largest absolute Gasteiger partial charge is 0.330 e. The number of nitrogens with one attached hydrogen (secondary N) is 1. The second-order valence-corrected chi connectivity index (χ2v) is 4.42. The van der Waals surface area contributed by atoms with Crippen LogP contribution < -0.4 is 5.73 Å². The Bertz CT molecular complexity index is 490. The highest BCUT2D eigenvalue weighted by Gasteiger charge is 2.18. The Morgan fingerprint density at radius 1 is 1.44 bits per heavy atom. The van der Waals surface area contributed by atoms with Crippen LogP contribution in [0.2, 0.25) is 0 Å². The molecule has 0 amide bonds. The summed E-state index contributed by atoms with van der Waals surface area (Å²) in [7, 11) is 0. The number of halogens is 1. The zero-order valence-electron chi connectivity index (χ0n) is 9.50. The highest BCUT2D eigenvalue weighted by molar-refractivity contribution is 5.78. The molecule has 1 aromatic heterocycles. The van der Waals surface area contributed by atoms with Gasteiger partial charge in [-0.1, -0.05) is 13.8 Å². The Labute approximate surface area is 93.8 Å². The standard InChI is InChI=1S/C12H16FN3/c1-7(2)10(5-14)9-3-8-6-15-16-12(8)4-11(9)13/h3-4,6-7,10H,5,14H2,1-2H3,(H,15,16). The molecule has 3 N–H and O–H groups in total. The fraction of sp³-hybridized carbons (Fsp3) is 0.417. The highest BCUT2D eigenvalue weighted by Crippen LogP contribution is 2.28. The zero-order valence-corrected chi connectivity index (χ0v) is 9.50. The Kier molecular flexibility index (Phi) is 2.92. The van der Waals surface area contributed by atoms with Gasteiger partial charge in [-0.05, 0) is 30.2 Å². The van der Waals surface area contributed by atoms with Crippen LogP contribution in [-0.4, -0.2) is 16.7 Å². The van der Waals surface area contributed by atoms with E-state index >= 15 is 0 Å². The van der Waals surface area contributed by atoms with Gasteiger partial charge in [-0.15, -0.1) is 0 Å². The van der Waals surface area contributed by atoms with Crippen LogP contribution in [0.15, 0.2) is 18.3 Å². The molecule has 0 aliphatic rings. The number of nitrogens with zero attached hydrogens (tertiary/aromatic N) is 1. The van der Waals surface area contributed by atoms with Gasteiger partial charge in [-0.25, -0.2) is 4.39 Å². The van der Waals surface area contributed by atoms with Gasteiger partial charge < -0.3 is 5.73 Å². The van der Waals surface area contributed by atoms with Crippen molar-refractivity contribution in [2.24, 2.45) is 11.7 Å². The molecule has 2 aromatic rings. The van der Waals surface area contributed by atoms with Crippen molar-refractivity contribution < 1.29 is 4.39 Å². The van der Waals surface area contributed by atoms with E-state index in [1.54, 1.807) is 6.20 Å². The lowest BCUT2D eigenvalue weighted by atomic mass is 9.87. The third-order valence-corrected chi connectivity index (χ3v) is 3.02. The maximum Gasteiger partial charge on any atom is 0.128 e. The summed E-state index contributed by atoms with van der Waals surface area (Å²) in [6.45, 7) is 4.56. The number of fused-ring (bicyclic) bond motifs is 1. The van der Waals surface area contributed by atoms with Gasteiger partial charge in [0.05, 0.1) is 11.7 Å². The number of aromatic amines is 1. The molecular formula is C12H16FN3. The predicted octanol–water partition coefficient (Wildman–Crippen LogP) is 2.40. The van der Waals surface area contributed by atoms with Crippen LogP contribution in [0.4, 0.5) is 4.39 Å². The van der Waals surface area contributed by atoms with Crippen molar-refractivity contribution in [3.05, 3.63) is 29.7 Å². The molecule has 4 heteroatoms. The summed E-state index contributed by atoms with van der Waals surface area (Å²) in [6.07, 6.45) is 1.70. The minimum absolute atomic E-state index is 0.0549. The first-order chi connectivity index (χ1) is 7.63. The van der Waals surface area contributed by atoms with Crippen molar-refractivity contribution in [3.8, 4) is 0 Å². The Hall–Kier alpha value is -1.42. The summed E-state index contributed by atoms with van der Waals surface area (Å²) in [5, 5.41) is 7.57. The van der Waals surface area contributed by atoms with E-state index in [2.05, 4.69) is 24.0 Å². The molecule has 1 heterocycles. The van der Waals surface area contributed by atoms with Gasteiger partial charge in [-0.3, -0.25) is 5.10 Å². The van der Waals surface area contributed by atoms with Crippen molar-refractivity contribution >= 4 is 10.9 Å². The van der Waals surface area contributed by atoms with Gasteiger partial charge in [0.15, 0.2) is 0 Å². The number of hydrogen-bond donors (Lipinski definition) is 2. The van der Waals surface area contributed by atoms with E-state index in [-0.39, 0.29) is 11.7 Å². The number of benzene rings is 1. The van der Waals surface area contributed by atoms with Gasteiger partial charge in [0.25, 0.3) is 0 Å². The molecule has 2 rings (SSSR count). The van der Waals surface area contributed by atoms with Crippen molar-refractivity contribution in [2.45, 2.75) is 19.8 Å². The van der Waals surface area contributed by atoms with Crippen LogP contribution in [-0.2, 0) is 0 Å². The van der Waals surface area contributed by atoms with Crippen molar-refractivity contribution in [2.75, 3.05) is 6.54 Å². The summed E-state index contributed by atoms with van der Waals surface area (Å²) >= 11 is 0. The maximum atomic E-state index is 13.9. The predicted molar refractivity (Wildman–Crippen MR) is 62.7 cm³/mol. The van der Waals surface area contributed by atoms with Gasteiger partial charge in [-0.2, -0.15) is 5.10 Å². The number of rotatable bonds is 3. The Balaban J connectivity index is 2.53. The van der Waals surface area contributed by atoms with Gasteiger partial charge >= 0.3 is 0 Å². The maximum absolute atomic E-state index is 13.9. The van der Waals surface area contributed by atoms with E-state index in [1.807, 2.05) is 6.07 Å². The summed E-state index contributed by atoms with van der Waals surface area (Å²) in [5.74, 6) is 0.170. The van der Waals surface area contributed by atoms with Crippen LogP contribution in [0.3, 0.4) is 0 Å². The third kappa shape index (κ3) is 1.80. The van der Waals surface area contributed by atoms with Crippen molar-refractivity contribution in [3.63, 3.8) is 0 Å². The number of nitrogens with two attached hydrogens (primary N) is 1. The summed E-state index contributed by atoms with van der Waals surface area (Å²) in [5.41, 5.74) is 7.11. The molecule has 0 radical (unpaired) electrons. The number of hydrogen-bond acceptors (Lipinski definition) is 2. The first-order valence-electron chi connectivity index (χ1n) is 5.46. The van der Waals surface area contributed by atoms with E-state index in [1.165, 1.54) is 6.07 Å². The van der Waals surface area contributed by atoms with E-state index in [0.29, 0.717) is 18.0 Å². The minimum atomic E-state index is -0.207. The molecule has 0 saturated heterocycles. The van der Waals surface area contributed by atoms with Crippen LogP contribution in [0.25, 0.3) is 10.9 Å². The molecular weight excluding hydrogens is 205 g/mol. The summed E-state index contributed by atoms with van der Waals surface area (Å²) in [4.78, 5) is 0. The molecule has 0 spiro atoms. The van der Waals surface area contributed by atoms with Gasteiger partial charge in [0.2, 0.25) is 0 Å². The SMILES string of the molecule is CC(C)C(CN)c1cc2cn[nH]c2cc1F. The topological polar surface area (TPSA) is 54.7 Å². The van der Waals surface area contributed by atoms with E-state index < -0.39 is 0 Å². The first-order valence-corrected chi connectivity index (χ1v) is 5.46. The molecule has 0 aliphatic heterocycles. The van der Waals surface area contributed by atoms with Crippen LogP contribution in [0.1, 0.15) is 25.3 Å². The highest BCUT2D eigenvalue weighted by atomic mass is 19.1. The zero-order chi connectivity index (χ0) is 11.7. The lowest BCUT2D eigenvalue weighted by molar-refractivity contribution is 0.480. The average molecular weight is 221 g/mol. The molecule has 86 valence electrons. The van der Waals surface area contributed by atoms with Crippen LogP contribution >= 0.6 is 0 Å². The second-order valence-electron chi connectivity index (χ2n) is 4.42. The molecule has 1 unspecified atom stereocenters. The minimum Gasteiger partial charge on any atom is -0.330 e. The fourth-order valence-electron chi connectivity index (χ4n) is 2.03. The van der Waals surface area contributed by atoms with Crippen molar-refractivity contribution in [1.29, 1.82) is 0 Å². The van der Waals surface area contributed by atoms with Crippen LogP contribution in [0.5, 0.6) is 0 Å². The molecule has 16 heavy (non-hydrogen) atoms. The molecule has 0 aliphatic carbocycles. The first kappa shape index (κ1) is 11.1. The number of aromatic nitrogens is 2. The Morgan fingerprint density at radius 2 is 2.19 bits per heavy atom. The molecule has 0 saturated carbocycles. The smallest absolute Gasteiger partial charge is 0.128 e. The van der Waals surface area contributed by atoms with Gasteiger partial charge in [0.1, 0.15) is 5.82 Å². The third-order valence-electron chi connectivity index (χ3n) is 3.02. The normalized spacial score (nSPS) is 13.6. The quantitative estimate of drug-likeness (QED) is 0.836. The van der Waals surface area contributed by atoms with E-state index in [4.69, 9.17) is 5.73 Å². The fourth-order valence-corrected chi connectivity index (χ4v) is 2.03. The Morgan fingerprint density at radius 3 is 2.81 bits per heavy atom. The van der Waals surface area contributed by atoms with E-state index in [0.717, 1.165) is 10.9 Å². The number of H-pyrrole nitrogens is 1. The van der Waals surface area contributed by atoms with Crippen molar-refractivity contribution in [1.82, 2.24) is 10.2 Å². The van der Waals surface area contributed by atoms with Gasteiger partial charge in [0, 0.05) is 11.3 Å². The molecule has 1 aromatic carbocycles. The summed E-state index contributed by atoms with van der Waals surface area (Å²) in [6, 6.07) is 3.33. The average Bonchev–Trinajstić information content (AvgIpc) is 2.65. The molecule has 0 fully saturated rings. The molecule has 3 nitrogen and oxygen atoms in total. The molecule has 0 bridgehead atoms. The van der Waals surface area contributed by atoms with Crippen LogP contribution in [0, 0.1) is 11.7 Å². The molecule has 1 atom stereocenters. The monoisotopic (exact) mass is 221 g/mol.